The van der Waals surface area contributed by atoms with Crippen molar-refractivity contribution < 1.29 is 9.53 Å². The van der Waals surface area contributed by atoms with Crippen molar-refractivity contribution in [1.82, 2.24) is 4.48 Å². The van der Waals surface area contributed by atoms with Crippen LogP contribution in [0.2, 0.25) is 0 Å². The number of urea groups is 1. The van der Waals surface area contributed by atoms with Crippen LogP contribution in [0.25, 0.3) is 0 Å². The Balaban J connectivity index is 1.49. The number of quaternary nitrogens is 1. The zero-order valence-corrected chi connectivity index (χ0v) is 17.7. The highest BCUT2D eigenvalue weighted by molar-refractivity contribution is 5.99. The van der Waals surface area contributed by atoms with Gasteiger partial charge in [0.15, 0.2) is 0 Å². The number of para-hydroxylation sites is 1. The zero-order chi connectivity index (χ0) is 21.4. The van der Waals surface area contributed by atoms with Gasteiger partial charge in [-0.1, -0.05) is 48.5 Å². The van der Waals surface area contributed by atoms with Crippen molar-refractivity contribution in [3.05, 3.63) is 103 Å². The number of hydrogen-bond acceptors (Lipinski definition) is 2. The molecule has 0 aliphatic carbocycles. The lowest BCUT2D eigenvalue weighted by Gasteiger charge is -2.32. The molecule has 0 saturated carbocycles. The Bertz CT molecular complexity index is 1000. The largest absolute Gasteiger partial charge is 0.489 e. The van der Waals surface area contributed by atoms with Gasteiger partial charge in [-0.15, -0.1) is 0 Å². The van der Waals surface area contributed by atoms with Gasteiger partial charge in [-0.25, -0.2) is 4.79 Å². The van der Waals surface area contributed by atoms with E-state index in [-0.39, 0.29) is 10.5 Å². The molecule has 0 bridgehead atoms. The Morgan fingerprint density at radius 2 is 1.55 bits per heavy atom. The minimum Gasteiger partial charge on any atom is -0.489 e. The molecule has 1 unspecified atom stereocenters. The summed E-state index contributed by atoms with van der Waals surface area (Å²) in [6.07, 6.45) is 8.54. The Morgan fingerprint density at radius 1 is 0.839 bits per heavy atom. The first-order valence-electron chi connectivity index (χ1n) is 11.0. The first-order valence-corrected chi connectivity index (χ1v) is 11.0. The molecule has 1 aliphatic rings. The van der Waals surface area contributed by atoms with Gasteiger partial charge in [-0.3, -0.25) is 5.32 Å². The maximum atomic E-state index is 13.5. The Kier molecular flexibility index (Phi) is 6.80. The molecular weight excluding hydrogens is 384 g/mol. The van der Waals surface area contributed by atoms with E-state index < -0.39 is 0 Å². The van der Waals surface area contributed by atoms with E-state index in [0.29, 0.717) is 6.61 Å². The summed E-state index contributed by atoms with van der Waals surface area (Å²) >= 11 is 0. The lowest BCUT2D eigenvalue weighted by molar-refractivity contribution is 0.227. The highest BCUT2D eigenvalue weighted by Crippen LogP contribution is 2.29. The van der Waals surface area contributed by atoms with Gasteiger partial charge in [-0.2, -0.15) is 4.48 Å². The Morgan fingerprint density at radius 3 is 2.29 bits per heavy atom. The third-order valence-corrected chi connectivity index (χ3v) is 5.67. The molecule has 0 spiro atoms. The third-order valence-electron chi connectivity index (χ3n) is 5.67. The second-order valence-electron chi connectivity index (χ2n) is 7.89. The standard InChI is InChI=1S/C27H28N2O2/c30-27(29(25-14-8-5-9-15-25)20-10-2-1-3-11-21-29)28-24-16-18-26(19-17-24)31-22-23-12-6-4-7-13-23/h4-10,12-20H,1-3,11,21-22H2/p+1. The third kappa shape index (κ3) is 5.22. The molecule has 1 N–H and O–H groups in total. The summed E-state index contributed by atoms with van der Waals surface area (Å²) in [4.78, 5) is 13.5. The number of nitrogens with one attached hydrogen (secondary N) is 1. The fraction of sp³-hybridized carbons (Fsp3) is 0.222. The number of ether oxygens (including phenoxy) is 1. The summed E-state index contributed by atoms with van der Waals surface area (Å²) in [6, 6.07) is 27.7. The Labute approximate surface area is 184 Å². The molecule has 0 aromatic heterocycles. The van der Waals surface area contributed by atoms with Gasteiger partial charge in [0.2, 0.25) is 0 Å². The molecule has 4 rings (SSSR count). The van der Waals surface area contributed by atoms with Crippen molar-refractivity contribution in [2.75, 3.05) is 11.9 Å². The fourth-order valence-electron chi connectivity index (χ4n) is 3.92. The maximum absolute atomic E-state index is 13.5. The van der Waals surface area contributed by atoms with Gasteiger partial charge in [0.1, 0.15) is 24.2 Å². The number of anilines is 1. The molecular formula is C27H29N2O2+. The average molecular weight is 414 g/mol. The molecule has 4 nitrogen and oxygen atoms in total. The van der Waals surface area contributed by atoms with Crippen LogP contribution < -0.4 is 14.5 Å². The lowest BCUT2D eigenvalue weighted by atomic mass is 10.1. The smallest absolute Gasteiger partial charge is 0.430 e. The molecule has 1 atom stereocenters. The topological polar surface area (TPSA) is 38.3 Å². The molecule has 4 heteroatoms. The second kappa shape index (κ2) is 10.1. The van der Waals surface area contributed by atoms with Gasteiger partial charge in [0.25, 0.3) is 0 Å². The summed E-state index contributed by atoms with van der Waals surface area (Å²) in [5.41, 5.74) is 2.87. The number of carbonyl (C=O) groups is 1. The van der Waals surface area contributed by atoms with E-state index >= 15 is 0 Å². The minimum absolute atomic E-state index is 0.0395. The minimum atomic E-state index is -0.0395. The average Bonchev–Trinajstić information content (AvgIpc) is 2.80. The van der Waals surface area contributed by atoms with Crippen molar-refractivity contribution in [3.8, 4) is 5.75 Å². The van der Waals surface area contributed by atoms with Crippen LogP contribution in [0.15, 0.2) is 97.2 Å². The van der Waals surface area contributed by atoms with Crippen molar-refractivity contribution in [3.63, 3.8) is 0 Å². The number of amides is 2. The second-order valence-corrected chi connectivity index (χ2v) is 7.89. The van der Waals surface area contributed by atoms with Gasteiger partial charge >= 0.3 is 6.03 Å². The molecule has 0 radical (unpaired) electrons. The maximum Gasteiger partial charge on any atom is 0.430 e. The van der Waals surface area contributed by atoms with Crippen LogP contribution in [-0.2, 0) is 6.61 Å². The molecule has 3 aromatic carbocycles. The van der Waals surface area contributed by atoms with E-state index in [4.69, 9.17) is 4.74 Å². The number of allylic oxidation sites excluding steroid dienone is 1. The molecule has 0 fully saturated rings. The lowest BCUT2D eigenvalue weighted by Crippen LogP contribution is -2.52. The number of hydrogen-bond donors (Lipinski definition) is 1. The predicted molar refractivity (Wildman–Crippen MR) is 127 cm³/mol. The van der Waals surface area contributed by atoms with Gasteiger partial charge in [-0.05, 0) is 61.6 Å². The van der Waals surface area contributed by atoms with E-state index in [0.717, 1.165) is 48.5 Å². The van der Waals surface area contributed by atoms with Crippen LogP contribution in [0, 0.1) is 0 Å². The Hall–Kier alpha value is -3.37. The quantitative estimate of drug-likeness (QED) is 0.462. The monoisotopic (exact) mass is 413 g/mol. The van der Waals surface area contributed by atoms with Crippen LogP contribution in [0.3, 0.4) is 0 Å². The van der Waals surface area contributed by atoms with E-state index in [1.54, 1.807) is 0 Å². The van der Waals surface area contributed by atoms with Crippen molar-refractivity contribution in [2.24, 2.45) is 0 Å². The van der Waals surface area contributed by atoms with Crippen molar-refractivity contribution in [2.45, 2.75) is 32.3 Å². The summed E-state index contributed by atoms with van der Waals surface area (Å²) in [7, 11) is 0. The van der Waals surface area contributed by atoms with Crippen LogP contribution in [-0.4, -0.2) is 12.6 Å². The number of benzene rings is 3. The van der Waals surface area contributed by atoms with E-state index in [1.807, 2.05) is 84.9 Å². The van der Waals surface area contributed by atoms with Crippen LogP contribution >= 0.6 is 0 Å². The van der Waals surface area contributed by atoms with Crippen LogP contribution in [0.1, 0.15) is 31.2 Å². The highest BCUT2D eigenvalue weighted by atomic mass is 16.5. The summed E-state index contributed by atoms with van der Waals surface area (Å²) in [5.74, 6) is 0.778. The molecule has 158 valence electrons. The number of nitrogens with zero attached hydrogens (tertiary/aromatic N) is 1. The van der Waals surface area contributed by atoms with Crippen molar-refractivity contribution >= 4 is 17.4 Å². The highest BCUT2D eigenvalue weighted by Gasteiger charge is 2.37. The van der Waals surface area contributed by atoms with Gasteiger partial charge in [0.05, 0.1) is 6.54 Å². The first kappa shape index (κ1) is 20.9. The van der Waals surface area contributed by atoms with Crippen molar-refractivity contribution in [1.29, 1.82) is 0 Å². The molecule has 1 heterocycles. The van der Waals surface area contributed by atoms with E-state index in [1.165, 1.54) is 6.42 Å². The number of carbonyl (C=O) groups excluding carboxylic acids is 1. The zero-order valence-electron chi connectivity index (χ0n) is 17.7. The molecule has 31 heavy (non-hydrogen) atoms. The molecule has 3 aromatic rings. The van der Waals surface area contributed by atoms with Crippen LogP contribution in [0.4, 0.5) is 16.2 Å². The first-order chi connectivity index (χ1) is 15.3. The predicted octanol–water partition coefficient (Wildman–Crippen LogP) is 6.89. The number of rotatable bonds is 5. The van der Waals surface area contributed by atoms with Gasteiger partial charge < -0.3 is 4.74 Å². The van der Waals surface area contributed by atoms with E-state index in [9.17, 15) is 4.79 Å². The van der Waals surface area contributed by atoms with Crippen LogP contribution in [0.5, 0.6) is 5.75 Å². The van der Waals surface area contributed by atoms with E-state index in [2.05, 4.69) is 17.6 Å². The van der Waals surface area contributed by atoms with Gasteiger partial charge in [0, 0.05) is 17.8 Å². The molecule has 1 aliphatic heterocycles. The molecule has 2 amide bonds. The SMILES string of the molecule is O=C(Nc1ccc(OCc2ccccc2)cc1)[N+]1(c2ccccc2)C=CCCCCC1. The summed E-state index contributed by atoms with van der Waals surface area (Å²) in [5, 5.41) is 3.13. The fourth-order valence-corrected chi connectivity index (χ4v) is 3.92. The normalized spacial score (nSPS) is 18.6. The molecule has 0 saturated heterocycles. The summed E-state index contributed by atoms with van der Waals surface area (Å²) < 4.78 is 6.05. The summed E-state index contributed by atoms with van der Waals surface area (Å²) in [6.45, 7) is 1.27.